The average Bonchev–Trinajstić information content (AvgIpc) is 2.92. The van der Waals surface area contributed by atoms with E-state index in [1.807, 2.05) is 31.2 Å². The van der Waals surface area contributed by atoms with Crippen molar-refractivity contribution in [2.24, 2.45) is 5.73 Å². The second-order valence-electron chi connectivity index (χ2n) is 4.83. The molecule has 2 heterocycles. The standard InChI is InChI=1S/C15H15N5O/c1-10(16)11-2-4-12(5-3-11)19-15(21)13-8-18-20-7-6-17-9-14(13)20/h2-10H,16H2,1H3,(H,19,21). The molecule has 3 N–H and O–H groups in total. The summed E-state index contributed by atoms with van der Waals surface area (Å²) in [5.74, 6) is -0.216. The third-order valence-electron chi connectivity index (χ3n) is 3.26. The van der Waals surface area contributed by atoms with Crippen LogP contribution in [0.25, 0.3) is 5.52 Å². The van der Waals surface area contributed by atoms with Gasteiger partial charge in [-0.3, -0.25) is 9.78 Å². The highest BCUT2D eigenvalue weighted by molar-refractivity contribution is 6.08. The molecule has 0 bridgehead atoms. The quantitative estimate of drug-likeness (QED) is 0.769. The molecule has 0 radical (unpaired) electrons. The molecule has 0 aliphatic heterocycles. The first kappa shape index (κ1) is 13.3. The third kappa shape index (κ3) is 2.61. The summed E-state index contributed by atoms with van der Waals surface area (Å²) in [6.45, 7) is 1.92. The van der Waals surface area contributed by atoms with E-state index in [1.165, 1.54) is 6.20 Å². The molecule has 1 unspecified atom stereocenters. The van der Waals surface area contributed by atoms with Crippen LogP contribution >= 0.6 is 0 Å². The van der Waals surface area contributed by atoms with Crippen LogP contribution in [0.5, 0.6) is 0 Å². The highest BCUT2D eigenvalue weighted by Crippen LogP contribution is 2.16. The normalized spacial score (nSPS) is 12.3. The summed E-state index contributed by atoms with van der Waals surface area (Å²) in [5, 5.41) is 6.96. The van der Waals surface area contributed by atoms with Crippen LogP contribution in [0, 0.1) is 0 Å². The maximum Gasteiger partial charge on any atom is 0.259 e. The molecule has 1 atom stereocenters. The van der Waals surface area contributed by atoms with Gasteiger partial charge in [0.05, 0.1) is 23.5 Å². The van der Waals surface area contributed by atoms with E-state index in [0.717, 1.165) is 5.56 Å². The maximum absolute atomic E-state index is 12.3. The van der Waals surface area contributed by atoms with Gasteiger partial charge in [-0.15, -0.1) is 0 Å². The van der Waals surface area contributed by atoms with Gasteiger partial charge in [0.15, 0.2) is 0 Å². The highest BCUT2D eigenvalue weighted by atomic mass is 16.1. The van der Waals surface area contributed by atoms with E-state index in [1.54, 1.807) is 23.1 Å². The lowest BCUT2D eigenvalue weighted by atomic mass is 10.1. The van der Waals surface area contributed by atoms with Crippen molar-refractivity contribution in [3.63, 3.8) is 0 Å². The van der Waals surface area contributed by atoms with E-state index in [4.69, 9.17) is 5.73 Å². The van der Waals surface area contributed by atoms with Crippen molar-refractivity contribution in [1.82, 2.24) is 14.6 Å². The lowest BCUT2D eigenvalue weighted by Gasteiger charge is -2.08. The molecule has 0 fully saturated rings. The molecule has 6 heteroatoms. The first-order chi connectivity index (χ1) is 10.1. The fourth-order valence-corrected chi connectivity index (χ4v) is 2.08. The zero-order valence-corrected chi connectivity index (χ0v) is 11.5. The predicted octanol–water partition coefficient (Wildman–Crippen LogP) is 2.00. The minimum Gasteiger partial charge on any atom is -0.324 e. The smallest absolute Gasteiger partial charge is 0.259 e. The van der Waals surface area contributed by atoms with E-state index < -0.39 is 0 Å². The molecule has 21 heavy (non-hydrogen) atoms. The van der Waals surface area contributed by atoms with Crippen molar-refractivity contribution in [3.05, 3.63) is 60.2 Å². The SMILES string of the molecule is CC(N)c1ccc(NC(=O)c2cnn3ccncc23)cc1. The van der Waals surface area contributed by atoms with Crippen molar-refractivity contribution in [3.8, 4) is 0 Å². The van der Waals surface area contributed by atoms with Crippen molar-refractivity contribution >= 4 is 17.1 Å². The highest BCUT2D eigenvalue weighted by Gasteiger charge is 2.12. The van der Waals surface area contributed by atoms with Crippen LogP contribution in [0.3, 0.4) is 0 Å². The predicted molar refractivity (Wildman–Crippen MR) is 80.0 cm³/mol. The van der Waals surface area contributed by atoms with Crippen LogP contribution in [0.4, 0.5) is 5.69 Å². The minimum atomic E-state index is -0.216. The minimum absolute atomic E-state index is 0.0274. The molecule has 3 aromatic rings. The Kier molecular flexibility index (Phi) is 3.37. The first-order valence-electron chi connectivity index (χ1n) is 6.59. The van der Waals surface area contributed by atoms with Crippen molar-refractivity contribution in [1.29, 1.82) is 0 Å². The van der Waals surface area contributed by atoms with Crippen LogP contribution in [0.1, 0.15) is 28.9 Å². The Morgan fingerprint density at radius 3 is 2.76 bits per heavy atom. The molecule has 6 nitrogen and oxygen atoms in total. The first-order valence-corrected chi connectivity index (χ1v) is 6.59. The number of amides is 1. The largest absolute Gasteiger partial charge is 0.324 e. The van der Waals surface area contributed by atoms with E-state index >= 15 is 0 Å². The molecule has 1 aromatic carbocycles. The maximum atomic E-state index is 12.3. The molecule has 1 amide bonds. The fraction of sp³-hybridized carbons (Fsp3) is 0.133. The van der Waals surface area contributed by atoms with Crippen LogP contribution < -0.4 is 11.1 Å². The van der Waals surface area contributed by atoms with Gasteiger partial charge in [-0.05, 0) is 24.6 Å². The van der Waals surface area contributed by atoms with Gasteiger partial charge in [0, 0.05) is 24.1 Å². The monoisotopic (exact) mass is 281 g/mol. The van der Waals surface area contributed by atoms with Gasteiger partial charge in [0.1, 0.15) is 0 Å². The van der Waals surface area contributed by atoms with Gasteiger partial charge in [-0.25, -0.2) is 4.52 Å². The Balaban J connectivity index is 1.83. The van der Waals surface area contributed by atoms with Crippen LogP contribution in [-0.4, -0.2) is 20.5 Å². The van der Waals surface area contributed by atoms with Crippen LogP contribution in [0.2, 0.25) is 0 Å². The van der Waals surface area contributed by atoms with E-state index in [9.17, 15) is 4.79 Å². The molecule has 3 rings (SSSR count). The molecule has 0 saturated carbocycles. The van der Waals surface area contributed by atoms with E-state index in [0.29, 0.717) is 16.8 Å². The molecule has 0 spiro atoms. The zero-order valence-electron chi connectivity index (χ0n) is 11.5. The van der Waals surface area contributed by atoms with Gasteiger partial charge >= 0.3 is 0 Å². The summed E-state index contributed by atoms with van der Waals surface area (Å²) in [6.07, 6.45) is 6.46. The topological polar surface area (TPSA) is 85.3 Å². The van der Waals surface area contributed by atoms with Gasteiger partial charge in [0.2, 0.25) is 0 Å². The Labute approximate surface area is 121 Å². The lowest BCUT2D eigenvalue weighted by Crippen LogP contribution is -2.12. The third-order valence-corrected chi connectivity index (χ3v) is 3.26. The number of benzene rings is 1. The Bertz CT molecular complexity index is 776. The summed E-state index contributed by atoms with van der Waals surface area (Å²) >= 11 is 0. The molecular formula is C15H15N5O. The fourth-order valence-electron chi connectivity index (χ4n) is 2.08. The van der Waals surface area contributed by atoms with Gasteiger partial charge in [-0.1, -0.05) is 12.1 Å². The van der Waals surface area contributed by atoms with Gasteiger partial charge < -0.3 is 11.1 Å². The number of carbonyl (C=O) groups is 1. The molecule has 0 aliphatic rings. The second-order valence-corrected chi connectivity index (χ2v) is 4.83. The van der Waals surface area contributed by atoms with E-state index in [2.05, 4.69) is 15.4 Å². The molecule has 0 saturated heterocycles. The lowest BCUT2D eigenvalue weighted by molar-refractivity contribution is 0.102. The number of anilines is 1. The Hall–Kier alpha value is -2.73. The number of fused-ring (bicyclic) bond motifs is 1. The van der Waals surface area contributed by atoms with Crippen LogP contribution in [-0.2, 0) is 0 Å². The second kappa shape index (κ2) is 5.34. The molecule has 106 valence electrons. The summed E-state index contributed by atoms with van der Waals surface area (Å²) in [5.41, 5.74) is 8.69. The number of nitrogens with one attached hydrogen (secondary N) is 1. The van der Waals surface area contributed by atoms with Crippen molar-refractivity contribution in [2.75, 3.05) is 5.32 Å². The summed E-state index contributed by atoms with van der Waals surface area (Å²) < 4.78 is 1.61. The van der Waals surface area contributed by atoms with Gasteiger partial charge in [0.25, 0.3) is 5.91 Å². The zero-order chi connectivity index (χ0) is 14.8. The van der Waals surface area contributed by atoms with Gasteiger partial charge in [-0.2, -0.15) is 5.10 Å². The summed E-state index contributed by atoms with van der Waals surface area (Å²) in [6, 6.07) is 7.44. The Morgan fingerprint density at radius 2 is 2.05 bits per heavy atom. The number of hydrogen-bond donors (Lipinski definition) is 2. The number of rotatable bonds is 3. The summed E-state index contributed by atoms with van der Waals surface area (Å²) in [4.78, 5) is 16.3. The number of hydrogen-bond acceptors (Lipinski definition) is 4. The number of nitrogens with zero attached hydrogens (tertiary/aromatic N) is 3. The molecule has 2 aromatic heterocycles. The average molecular weight is 281 g/mol. The van der Waals surface area contributed by atoms with Crippen molar-refractivity contribution in [2.45, 2.75) is 13.0 Å². The van der Waals surface area contributed by atoms with Crippen LogP contribution in [0.15, 0.2) is 49.1 Å². The summed E-state index contributed by atoms with van der Waals surface area (Å²) in [7, 11) is 0. The Morgan fingerprint density at radius 1 is 1.29 bits per heavy atom. The molecular weight excluding hydrogens is 266 g/mol. The number of nitrogens with two attached hydrogens (primary N) is 1. The van der Waals surface area contributed by atoms with Crippen molar-refractivity contribution < 1.29 is 4.79 Å². The number of carbonyl (C=O) groups excluding carboxylic acids is 1. The molecule has 0 aliphatic carbocycles. The number of aromatic nitrogens is 3. The van der Waals surface area contributed by atoms with E-state index in [-0.39, 0.29) is 11.9 Å².